The number of hydrogen-bond acceptors (Lipinski definition) is 2. The van der Waals surface area contributed by atoms with E-state index < -0.39 is 0 Å². The summed E-state index contributed by atoms with van der Waals surface area (Å²) in [4.78, 5) is 0. The summed E-state index contributed by atoms with van der Waals surface area (Å²) in [7, 11) is 0. The van der Waals surface area contributed by atoms with Crippen molar-refractivity contribution in [3.05, 3.63) is 68.4 Å². The lowest BCUT2D eigenvalue weighted by Gasteiger charge is -2.19. The molecule has 0 aliphatic heterocycles. The molecule has 3 N–H and O–H groups in total. The molecule has 0 saturated heterocycles. The van der Waals surface area contributed by atoms with E-state index in [1.165, 1.54) is 12.1 Å². The van der Waals surface area contributed by atoms with Crippen LogP contribution >= 0.6 is 27.5 Å². The van der Waals surface area contributed by atoms with Gasteiger partial charge in [-0.1, -0.05) is 33.6 Å². The fraction of sp³-hybridized carbons (Fsp3) is 0.200. The molecule has 2 nitrogen and oxygen atoms in total. The summed E-state index contributed by atoms with van der Waals surface area (Å²) in [6.45, 7) is 1.98. The maximum Gasteiger partial charge on any atom is 0.123 e. The molecule has 0 amide bonds. The van der Waals surface area contributed by atoms with Crippen molar-refractivity contribution >= 4 is 27.5 Å². The Balaban J connectivity index is 2.31. The second-order valence-corrected chi connectivity index (χ2v) is 5.95. The highest BCUT2D eigenvalue weighted by Gasteiger charge is 2.15. The molecule has 0 radical (unpaired) electrons. The number of rotatable bonds is 4. The normalized spacial score (nSPS) is 12.4. The second kappa shape index (κ2) is 6.68. The zero-order valence-corrected chi connectivity index (χ0v) is 13.3. The third kappa shape index (κ3) is 3.58. The van der Waals surface area contributed by atoms with Crippen LogP contribution in [0.3, 0.4) is 0 Å². The molecule has 2 aromatic rings. The molecule has 1 atom stereocenters. The lowest BCUT2D eigenvalue weighted by Crippen LogP contribution is -2.30. The van der Waals surface area contributed by atoms with Crippen molar-refractivity contribution in [2.45, 2.75) is 19.4 Å². The molecule has 106 valence electrons. The second-order valence-electron chi connectivity index (χ2n) is 4.66. The van der Waals surface area contributed by atoms with Gasteiger partial charge in [-0.15, -0.1) is 0 Å². The Bertz CT molecular complexity index is 619. The molecule has 1 unspecified atom stereocenters. The van der Waals surface area contributed by atoms with Crippen LogP contribution in [-0.4, -0.2) is 0 Å². The van der Waals surface area contributed by atoms with Crippen LogP contribution in [0.2, 0.25) is 5.02 Å². The monoisotopic (exact) mass is 356 g/mol. The summed E-state index contributed by atoms with van der Waals surface area (Å²) < 4.78 is 14.2. The van der Waals surface area contributed by atoms with Crippen molar-refractivity contribution in [1.29, 1.82) is 0 Å². The maximum absolute atomic E-state index is 13.3. The first kappa shape index (κ1) is 15.4. The quantitative estimate of drug-likeness (QED) is 0.632. The zero-order valence-electron chi connectivity index (χ0n) is 11.0. The van der Waals surface area contributed by atoms with E-state index in [1.807, 2.05) is 25.1 Å². The van der Waals surface area contributed by atoms with Crippen molar-refractivity contribution in [3.63, 3.8) is 0 Å². The first-order chi connectivity index (χ1) is 9.51. The van der Waals surface area contributed by atoms with Crippen LogP contribution in [0.1, 0.15) is 22.7 Å². The third-order valence-corrected chi connectivity index (χ3v) is 4.25. The predicted molar refractivity (Wildman–Crippen MR) is 84.1 cm³/mol. The summed E-state index contributed by atoms with van der Waals surface area (Å²) >= 11 is 9.40. The third-order valence-electron chi connectivity index (χ3n) is 3.24. The Kier molecular flexibility index (Phi) is 5.16. The fourth-order valence-electron chi connectivity index (χ4n) is 2.21. The molecule has 5 heteroatoms. The van der Waals surface area contributed by atoms with Crippen LogP contribution in [0.5, 0.6) is 0 Å². The van der Waals surface area contributed by atoms with Gasteiger partial charge >= 0.3 is 0 Å². The largest absolute Gasteiger partial charge is 0.271 e. The number of nitrogens with one attached hydrogen (secondary N) is 1. The lowest BCUT2D eigenvalue weighted by molar-refractivity contribution is 0.545. The van der Waals surface area contributed by atoms with Gasteiger partial charge in [0.2, 0.25) is 0 Å². The first-order valence-corrected chi connectivity index (χ1v) is 7.34. The van der Waals surface area contributed by atoms with Crippen LogP contribution in [-0.2, 0) is 6.42 Å². The van der Waals surface area contributed by atoms with E-state index in [4.69, 9.17) is 17.4 Å². The molecule has 0 bridgehead atoms. The highest BCUT2D eigenvalue weighted by Crippen LogP contribution is 2.27. The summed E-state index contributed by atoms with van der Waals surface area (Å²) in [6, 6.07) is 10.2. The molecular formula is C15H15BrClFN2. The van der Waals surface area contributed by atoms with Crippen LogP contribution in [0.15, 0.2) is 40.9 Å². The Labute approximate surface area is 131 Å². The van der Waals surface area contributed by atoms with Gasteiger partial charge < -0.3 is 0 Å². The predicted octanol–water partition coefficient (Wildman–Crippen LogP) is 4.30. The van der Waals surface area contributed by atoms with Crippen LogP contribution < -0.4 is 11.3 Å². The van der Waals surface area contributed by atoms with Crippen molar-refractivity contribution in [2.75, 3.05) is 0 Å². The molecule has 2 aromatic carbocycles. The molecule has 0 aromatic heterocycles. The number of hydrogen-bond donors (Lipinski definition) is 2. The van der Waals surface area contributed by atoms with E-state index in [1.54, 1.807) is 6.07 Å². The molecule has 20 heavy (non-hydrogen) atoms. The molecular weight excluding hydrogens is 343 g/mol. The molecule has 0 fully saturated rings. The van der Waals surface area contributed by atoms with E-state index in [-0.39, 0.29) is 11.9 Å². The average Bonchev–Trinajstić information content (AvgIpc) is 2.40. The lowest BCUT2D eigenvalue weighted by atomic mass is 9.96. The Hall–Kier alpha value is -0.940. The SMILES string of the molecule is Cc1cc(Cl)ccc1C(Cc1cc(F)ccc1Br)NN. The number of aryl methyl sites for hydroxylation is 1. The van der Waals surface area contributed by atoms with Crippen molar-refractivity contribution in [3.8, 4) is 0 Å². The van der Waals surface area contributed by atoms with Gasteiger partial charge in [-0.3, -0.25) is 11.3 Å². The van der Waals surface area contributed by atoms with Gasteiger partial charge in [0.05, 0.1) is 6.04 Å². The van der Waals surface area contributed by atoms with E-state index in [0.717, 1.165) is 21.2 Å². The highest BCUT2D eigenvalue weighted by molar-refractivity contribution is 9.10. The van der Waals surface area contributed by atoms with Crippen LogP contribution in [0.4, 0.5) is 4.39 Å². The van der Waals surface area contributed by atoms with Crippen LogP contribution in [0.25, 0.3) is 0 Å². The Morgan fingerprint density at radius 1 is 1.30 bits per heavy atom. The summed E-state index contributed by atoms with van der Waals surface area (Å²) in [5.74, 6) is 5.40. The van der Waals surface area contributed by atoms with Crippen molar-refractivity contribution < 1.29 is 4.39 Å². The molecule has 0 saturated carbocycles. The minimum absolute atomic E-state index is 0.106. The molecule has 0 aliphatic rings. The number of hydrazine groups is 1. The van der Waals surface area contributed by atoms with Crippen LogP contribution in [0, 0.1) is 12.7 Å². The summed E-state index contributed by atoms with van der Waals surface area (Å²) in [5, 5.41) is 0.689. The molecule has 0 spiro atoms. The van der Waals surface area contributed by atoms with E-state index in [9.17, 15) is 4.39 Å². The van der Waals surface area contributed by atoms with Gasteiger partial charge in [0, 0.05) is 9.50 Å². The zero-order chi connectivity index (χ0) is 14.7. The number of halogens is 3. The topological polar surface area (TPSA) is 38.0 Å². The standard InChI is InChI=1S/C15H15BrClFN2/c1-9-6-11(17)2-4-13(9)15(20-19)8-10-7-12(18)3-5-14(10)16/h2-7,15,20H,8,19H2,1H3. The van der Waals surface area contributed by atoms with Gasteiger partial charge in [-0.05, 0) is 60.4 Å². The smallest absolute Gasteiger partial charge is 0.123 e. The minimum atomic E-state index is -0.258. The summed E-state index contributed by atoms with van der Waals surface area (Å²) in [5.41, 5.74) is 5.75. The van der Waals surface area contributed by atoms with Gasteiger partial charge in [-0.25, -0.2) is 4.39 Å². The van der Waals surface area contributed by atoms with E-state index >= 15 is 0 Å². The summed E-state index contributed by atoms with van der Waals surface area (Å²) in [6.07, 6.45) is 0.581. The van der Waals surface area contributed by atoms with Gasteiger partial charge in [-0.2, -0.15) is 0 Å². The maximum atomic E-state index is 13.3. The highest BCUT2D eigenvalue weighted by atomic mass is 79.9. The fourth-order valence-corrected chi connectivity index (χ4v) is 2.84. The Morgan fingerprint density at radius 3 is 2.70 bits per heavy atom. The van der Waals surface area contributed by atoms with Gasteiger partial charge in [0.15, 0.2) is 0 Å². The molecule has 0 heterocycles. The number of nitrogens with two attached hydrogens (primary N) is 1. The molecule has 2 rings (SSSR count). The average molecular weight is 358 g/mol. The van der Waals surface area contributed by atoms with Gasteiger partial charge in [0.1, 0.15) is 5.82 Å². The van der Waals surface area contributed by atoms with Crippen molar-refractivity contribution in [1.82, 2.24) is 5.43 Å². The first-order valence-electron chi connectivity index (χ1n) is 6.17. The van der Waals surface area contributed by atoms with E-state index in [2.05, 4.69) is 21.4 Å². The minimum Gasteiger partial charge on any atom is -0.271 e. The van der Waals surface area contributed by atoms with Crippen molar-refractivity contribution in [2.24, 2.45) is 5.84 Å². The van der Waals surface area contributed by atoms with E-state index in [0.29, 0.717) is 11.4 Å². The molecule has 0 aliphatic carbocycles. The van der Waals surface area contributed by atoms with Gasteiger partial charge in [0.25, 0.3) is 0 Å². The number of benzene rings is 2. The Morgan fingerprint density at radius 2 is 2.05 bits per heavy atom.